The molecule has 3 nitrogen and oxygen atoms in total. The van der Waals surface area contributed by atoms with E-state index in [9.17, 15) is 9.90 Å². The van der Waals surface area contributed by atoms with Gasteiger partial charge in [-0.3, -0.25) is 0 Å². The monoisotopic (exact) mass is 249 g/mol. The van der Waals surface area contributed by atoms with Crippen LogP contribution in [0.5, 0.6) is 0 Å². The topological polar surface area (TPSA) is 52.2 Å². The molecule has 0 aromatic heterocycles. The Balaban J connectivity index is 0. The number of aliphatic carboxylic acids is 1. The first-order chi connectivity index (χ1) is 3.77. The van der Waals surface area contributed by atoms with Gasteiger partial charge in [0, 0.05) is 5.97 Å². The van der Waals surface area contributed by atoms with Gasteiger partial charge >= 0.3 is 68.9 Å². The first kappa shape index (κ1) is 13.1. The van der Waals surface area contributed by atoms with E-state index in [1.807, 2.05) is 0 Å². The van der Waals surface area contributed by atoms with Crippen LogP contribution in [0.1, 0.15) is 12.8 Å². The molecule has 0 aliphatic heterocycles. The molecule has 0 aromatic carbocycles. The van der Waals surface area contributed by atoms with E-state index in [0.717, 1.165) is 6.54 Å². The fraction of sp³-hybridized carbons (Fsp3) is 0.800. The molecule has 0 spiro atoms. The Morgan fingerprint density at radius 3 is 2.56 bits per heavy atom. The molecule has 9 heavy (non-hydrogen) atoms. The van der Waals surface area contributed by atoms with Crippen molar-refractivity contribution in [2.75, 3.05) is 13.6 Å². The molecule has 0 heterocycles. The SMILES string of the molecule is CNCCCC(=O)[O-].[Cs+]. The maximum atomic E-state index is 9.74. The third kappa shape index (κ3) is 12.6. The zero-order valence-corrected chi connectivity index (χ0v) is 12.2. The van der Waals surface area contributed by atoms with Gasteiger partial charge in [-0.1, -0.05) is 0 Å². The molecule has 0 amide bonds. The van der Waals surface area contributed by atoms with Gasteiger partial charge in [0.15, 0.2) is 0 Å². The molecule has 0 saturated heterocycles. The molecule has 4 heteroatoms. The second-order valence-corrected chi connectivity index (χ2v) is 1.58. The number of carboxylic acids is 1. The number of rotatable bonds is 4. The first-order valence-electron chi connectivity index (χ1n) is 2.62. The number of hydrogen-bond donors (Lipinski definition) is 1. The van der Waals surface area contributed by atoms with Crippen LogP contribution in [0.25, 0.3) is 0 Å². The van der Waals surface area contributed by atoms with E-state index in [2.05, 4.69) is 5.32 Å². The Labute approximate surface area is 114 Å². The van der Waals surface area contributed by atoms with E-state index in [0.29, 0.717) is 6.42 Å². The summed E-state index contributed by atoms with van der Waals surface area (Å²) >= 11 is 0. The van der Waals surface area contributed by atoms with Crippen LogP contribution in [-0.2, 0) is 4.79 Å². The number of carbonyl (C=O) groups excluding carboxylic acids is 1. The normalized spacial score (nSPS) is 8.11. The molecule has 0 fully saturated rings. The number of carboxylic acid groups (broad SMARTS) is 1. The Kier molecular flexibility index (Phi) is 13.8. The summed E-state index contributed by atoms with van der Waals surface area (Å²) in [6.45, 7) is 0.744. The number of nitrogens with one attached hydrogen (secondary N) is 1. The fourth-order valence-electron chi connectivity index (χ4n) is 0.410. The van der Waals surface area contributed by atoms with Crippen molar-refractivity contribution >= 4 is 5.97 Å². The largest absolute Gasteiger partial charge is 1.00 e. The van der Waals surface area contributed by atoms with Crippen molar-refractivity contribution in [1.29, 1.82) is 0 Å². The van der Waals surface area contributed by atoms with Gasteiger partial charge in [0.1, 0.15) is 0 Å². The summed E-state index contributed by atoms with van der Waals surface area (Å²) in [4.78, 5) is 9.74. The van der Waals surface area contributed by atoms with Crippen molar-refractivity contribution in [3.63, 3.8) is 0 Å². The van der Waals surface area contributed by atoms with Gasteiger partial charge in [-0.2, -0.15) is 0 Å². The van der Waals surface area contributed by atoms with Crippen molar-refractivity contribution in [3.8, 4) is 0 Å². The molecule has 1 N–H and O–H groups in total. The summed E-state index contributed by atoms with van der Waals surface area (Å²) in [5.41, 5.74) is 0. The van der Waals surface area contributed by atoms with Gasteiger partial charge in [0.2, 0.25) is 0 Å². The molecule has 0 rings (SSSR count). The van der Waals surface area contributed by atoms with Crippen LogP contribution in [0, 0.1) is 0 Å². The van der Waals surface area contributed by atoms with E-state index in [1.165, 1.54) is 0 Å². The quantitative estimate of drug-likeness (QED) is 0.513. The standard InChI is InChI=1S/C5H11NO2.Cs/c1-6-4-2-3-5(7)8;/h6H,2-4H2,1H3,(H,7,8);/q;+1/p-1. The Morgan fingerprint density at radius 1 is 1.67 bits per heavy atom. The van der Waals surface area contributed by atoms with Crippen molar-refractivity contribution in [1.82, 2.24) is 5.32 Å². The van der Waals surface area contributed by atoms with Gasteiger partial charge in [-0.25, -0.2) is 0 Å². The van der Waals surface area contributed by atoms with Crippen molar-refractivity contribution in [2.45, 2.75) is 12.8 Å². The summed E-state index contributed by atoms with van der Waals surface area (Å²) in [5.74, 6) is -0.972. The molecular weight excluding hydrogens is 239 g/mol. The minimum Gasteiger partial charge on any atom is -0.550 e. The maximum absolute atomic E-state index is 9.74. The minimum atomic E-state index is -0.972. The second-order valence-electron chi connectivity index (χ2n) is 1.58. The third-order valence-corrected chi connectivity index (χ3v) is 0.808. The zero-order chi connectivity index (χ0) is 6.41. The van der Waals surface area contributed by atoms with Crippen LogP contribution in [0.4, 0.5) is 0 Å². The van der Waals surface area contributed by atoms with Gasteiger partial charge in [-0.05, 0) is 26.4 Å². The first-order valence-corrected chi connectivity index (χ1v) is 2.62. The summed E-state index contributed by atoms with van der Waals surface area (Å²) < 4.78 is 0. The Bertz CT molecular complexity index is 77.4. The van der Waals surface area contributed by atoms with E-state index in [1.54, 1.807) is 7.05 Å². The number of hydrogen-bond acceptors (Lipinski definition) is 3. The summed E-state index contributed by atoms with van der Waals surface area (Å²) in [6.07, 6.45) is 0.805. The molecule has 48 valence electrons. The Hall–Kier alpha value is 1.48. The van der Waals surface area contributed by atoms with Gasteiger partial charge in [0.05, 0.1) is 0 Å². The zero-order valence-electron chi connectivity index (χ0n) is 5.94. The van der Waals surface area contributed by atoms with Gasteiger partial charge in [-0.15, -0.1) is 0 Å². The minimum absolute atomic E-state index is 0. The second kappa shape index (κ2) is 9.48. The van der Waals surface area contributed by atoms with Crippen LogP contribution in [-0.4, -0.2) is 19.6 Å². The van der Waals surface area contributed by atoms with Gasteiger partial charge in [0.25, 0.3) is 0 Å². The van der Waals surface area contributed by atoms with Crippen molar-refractivity contribution in [3.05, 3.63) is 0 Å². The summed E-state index contributed by atoms with van der Waals surface area (Å²) in [6, 6.07) is 0. The van der Waals surface area contributed by atoms with Crippen molar-refractivity contribution in [2.24, 2.45) is 0 Å². The van der Waals surface area contributed by atoms with E-state index >= 15 is 0 Å². The molecule has 0 bridgehead atoms. The molecule has 0 atom stereocenters. The Morgan fingerprint density at radius 2 is 2.22 bits per heavy atom. The van der Waals surface area contributed by atoms with E-state index in [-0.39, 0.29) is 75.3 Å². The molecule has 0 aliphatic rings. The average Bonchev–Trinajstić information content (AvgIpc) is 1.66. The summed E-state index contributed by atoms with van der Waals surface area (Å²) in [7, 11) is 1.79. The smallest absolute Gasteiger partial charge is 0.550 e. The maximum Gasteiger partial charge on any atom is 1.00 e. The van der Waals surface area contributed by atoms with Crippen LogP contribution in [0.3, 0.4) is 0 Å². The predicted molar refractivity (Wildman–Crippen MR) is 28.2 cm³/mol. The average molecular weight is 249 g/mol. The van der Waals surface area contributed by atoms with Crippen molar-refractivity contribution < 1.29 is 78.8 Å². The van der Waals surface area contributed by atoms with E-state index < -0.39 is 5.97 Å². The molecule has 0 saturated carbocycles. The molecular formula is C5H10CsNO2. The molecule has 0 aromatic rings. The van der Waals surface area contributed by atoms with Crippen LogP contribution < -0.4 is 79.3 Å². The predicted octanol–water partition coefficient (Wildman–Crippen LogP) is -4.26. The third-order valence-electron chi connectivity index (χ3n) is 0.808. The van der Waals surface area contributed by atoms with Crippen LogP contribution in [0.2, 0.25) is 0 Å². The molecule has 0 unspecified atom stereocenters. The van der Waals surface area contributed by atoms with E-state index in [4.69, 9.17) is 0 Å². The van der Waals surface area contributed by atoms with Crippen LogP contribution >= 0.6 is 0 Å². The number of carbonyl (C=O) groups is 1. The van der Waals surface area contributed by atoms with Crippen LogP contribution in [0.15, 0.2) is 0 Å². The summed E-state index contributed by atoms with van der Waals surface area (Å²) in [5, 5.41) is 12.6. The van der Waals surface area contributed by atoms with Gasteiger partial charge < -0.3 is 15.2 Å². The fourth-order valence-corrected chi connectivity index (χ4v) is 0.410. The molecule has 0 radical (unpaired) electrons. The molecule has 0 aliphatic carbocycles.